The molecule has 0 bridgehead atoms. The zero-order valence-electron chi connectivity index (χ0n) is 10.5. The van der Waals surface area contributed by atoms with Gasteiger partial charge in [-0.3, -0.25) is 0 Å². The summed E-state index contributed by atoms with van der Waals surface area (Å²) in [4.78, 5) is 0. The molecule has 1 aliphatic rings. The van der Waals surface area contributed by atoms with Gasteiger partial charge in [0.15, 0.2) is 0 Å². The second-order valence-corrected chi connectivity index (χ2v) is 6.70. The lowest BCUT2D eigenvalue weighted by Gasteiger charge is -2.18. The third-order valence-corrected chi connectivity index (χ3v) is 5.66. The standard InChI is InChI=1S/C12H26O2Si/c1-4-13-15(14-5-2)10-11(3)6-7-12-8-9-12/h11-12,15H,4-10H2,1-3H3. The lowest BCUT2D eigenvalue weighted by molar-refractivity contribution is 0.208. The van der Waals surface area contributed by atoms with Gasteiger partial charge in [-0.15, -0.1) is 0 Å². The van der Waals surface area contributed by atoms with Gasteiger partial charge in [-0.2, -0.15) is 0 Å². The van der Waals surface area contributed by atoms with Crippen LogP contribution in [0.4, 0.5) is 0 Å². The van der Waals surface area contributed by atoms with Crippen LogP contribution in [0.15, 0.2) is 0 Å². The average Bonchev–Trinajstić information content (AvgIpc) is 2.99. The van der Waals surface area contributed by atoms with E-state index >= 15 is 0 Å². The highest BCUT2D eigenvalue weighted by atomic mass is 28.3. The maximum Gasteiger partial charge on any atom is 0.321 e. The smallest absolute Gasteiger partial charge is 0.321 e. The van der Waals surface area contributed by atoms with E-state index in [1.807, 2.05) is 0 Å². The second kappa shape index (κ2) is 7.42. The van der Waals surface area contributed by atoms with Crippen LogP contribution in [-0.2, 0) is 8.85 Å². The Balaban J connectivity index is 2.09. The van der Waals surface area contributed by atoms with E-state index in [1.165, 1.54) is 31.7 Å². The first kappa shape index (κ1) is 13.2. The number of hydrogen-bond donors (Lipinski definition) is 0. The molecule has 0 aromatic rings. The highest BCUT2D eigenvalue weighted by Crippen LogP contribution is 2.35. The van der Waals surface area contributed by atoms with Crippen LogP contribution in [0.5, 0.6) is 0 Å². The molecular formula is C12H26O2Si. The van der Waals surface area contributed by atoms with E-state index < -0.39 is 9.28 Å². The van der Waals surface area contributed by atoms with E-state index in [4.69, 9.17) is 8.85 Å². The minimum Gasteiger partial charge on any atom is -0.397 e. The van der Waals surface area contributed by atoms with Gasteiger partial charge in [-0.05, 0) is 31.7 Å². The molecule has 0 heterocycles. The Kier molecular flexibility index (Phi) is 6.53. The number of rotatable bonds is 9. The van der Waals surface area contributed by atoms with Gasteiger partial charge < -0.3 is 8.85 Å². The van der Waals surface area contributed by atoms with Crippen molar-refractivity contribution in [2.24, 2.45) is 11.8 Å². The quantitative estimate of drug-likeness (QED) is 0.567. The van der Waals surface area contributed by atoms with Gasteiger partial charge in [0.05, 0.1) is 0 Å². The minimum atomic E-state index is -1.33. The first-order valence-corrected chi connectivity index (χ1v) is 8.25. The molecular weight excluding hydrogens is 204 g/mol. The van der Waals surface area contributed by atoms with E-state index in [9.17, 15) is 0 Å². The topological polar surface area (TPSA) is 18.5 Å². The molecule has 1 rings (SSSR count). The molecule has 0 aliphatic heterocycles. The van der Waals surface area contributed by atoms with Crippen LogP contribution in [0.3, 0.4) is 0 Å². The van der Waals surface area contributed by atoms with E-state index in [0.29, 0.717) is 0 Å². The third-order valence-electron chi connectivity index (χ3n) is 3.06. The molecule has 0 aromatic heterocycles. The summed E-state index contributed by atoms with van der Waals surface area (Å²) in [6.45, 7) is 8.10. The highest BCUT2D eigenvalue weighted by molar-refractivity contribution is 6.44. The monoisotopic (exact) mass is 230 g/mol. The van der Waals surface area contributed by atoms with Crippen LogP contribution in [0.2, 0.25) is 6.04 Å². The van der Waals surface area contributed by atoms with Gasteiger partial charge in [-0.25, -0.2) is 0 Å². The van der Waals surface area contributed by atoms with Crippen LogP contribution in [0.1, 0.15) is 46.5 Å². The third kappa shape index (κ3) is 6.33. The molecule has 0 aromatic carbocycles. The first-order valence-electron chi connectivity index (χ1n) is 6.49. The Labute approximate surface area is 96.2 Å². The van der Waals surface area contributed by atoms with Crippen molar-refractivity contribution >= 4 is 9.28 Å². The molecule has 1 saturated carbocycles. The molecule has 90 valence electrons. The van der Waals surface area contributed by atoms with Gasteiger partial charge in [0.2, 0.25) is 0 Å². The lowest BCUT2D eigenvalue weighted by Crippen LogP contribution is -2.25. The van der Waals surface area contributed by atoms with Crippen molar-refractivity contribution in [1.82, 2.24) is 0 Å². The van der Waals surface area contributed by atoms with Gasteiger partial charge in [-0.1, -0.05) is 32.6 Å². The predicted molar refractivity (Wildman–Crippen MR) is 66.3 cm³/mol. The summed E-state index contributed by atoms with van der Waals surface area (Å²) in [6, 6.07) is 1.19. The highest BCUT2D eigenvalue weighted by Gasteiger charge is 2.23. The number of hydrogen-bond acceptors (Lipinski definition) is 2. The fourth-order valence-corrected chi connectivity index (χ4v) is 3.93. The van der Waals surface area contributed by atoms with Crippen LogP contribution >= 0.6 is 0 Å². The molecule has 0 saturated heterocycles. The maximum absolute atomic E-state index is 5.69. The molecule has 2 nitrogen and oxygen atoms in total. The molecule has 0 amide bonds. The van der Waals surface area contributed by atoms with Crippen molar-refractivity contribution < 1.29 is 8.85 Å². The zero-order chi connectivity index (χ0) is 11.1. The van der Waals surface area contributed by atoms with Crippen molar-refractivity contribution in [3.05, 3.63) is 0 Å². The Hall–Kier alpha value is 0.137. The fraction of sp³-hybridized carbons (Fsp3) is 1.00. The average molecular weight is 230 g/mol. The Morgan fingerprint density at radius 1 is 1.20 bits per heavy atom. The van der Waals surface area contributed by atoms with Gasteiger partial charge in [0.1, 0.15) is 0 Å². The van der Waals surface area contributed by atoms with E-state index in [2.05, 4.69) is 20.8 Å². The van der Waals surface area contributed by atoms with Crippen molar-refractivity contribution in [2.45, 2.75) is 52.5 Å². The normalized spacial score (nSPS) is 18.4. The van der Waals surface area contributed by atoms with Gasteiger partial charge in [0, 0.05) is 13.2 Å². The Bertz CT molecular complexity index is 154. The summed E-state index contributed by atoms with van der Waals surface area (Å²) in [5.74, 6) is 1.85. The summed E-state index contributed by atoms with van der Waals surface area (Å²) in [7, 11) is -1.33. The van der Waals surface area contributed by atoms with Crippen LogP contribution in [-0.4, -0.2) is 22.5 Å². The largest absolute Gasteiger partial charge is 0.397 e. The Morgan fingerprint density at radius 3 is 2.27 bits per heavy atom. The lowest BCUT2D eigenvalue weighted by atomic mass is 10.1. The van der Waals surface area contributed by atoms with Crippen LogP contribution < -0.4 is 0 Å². The van der Waals surface area contributed by atoms with Crippen LogP contribution in [0.25, 0.3) is 0 Å². The zero-order valence-corrected chi connectivity index (χ0v) is 11.7. The first-order chi connectivity index (χ1) is 7.26. The summed E-state index contributed by atoms with van der Waals surface area (Å²) in [5.41, 5.74) is 0. The SMILES string of the molecule is CCO[SiH](CC(C)CCC1CC1)OCC. The molecule has 0 spiro atoms. The molecule has 1 atom stereocenters. The summed E-state index contributed by atoms with van der Waals surface area (Å²) >= 11 is 0. The van der Waals surface area contributed by atoms with Crippen molar-refractivity contribution in [2.75, 3.05) is 13.2 Å². The fourth-order valence-electron chi connectivity index (χ4n) is 1.93. The van der Waals surface area contributed by atoms with Gasteiger partial charge >= 0.3 is 9.28 Å². The summed E-state index contributed by atoms with van der Waals surface area (Å²) in [6.07, 6.45) is 5.75. The maximum atomic E-state index is 5.69. The van der Waals surface area contributed by atoms with Crippen molar-refractivity contribution in [3.8, 4) is 0 Å². The molecule has 0 radical (unpaired) electrons. The second-order valence-electron chi connectivity index (χ2n) is 4.70. The molecule has 3 heteroatoms. The molecule has 15 heavy (non-hydrogen) atoms. The van der Waals surface area contributed by atoms with Crippen LogP contribution in [0, 0.1) is 11.8 Å². The van der Waals surface area contributed by atoms with E-state index in [0.717, 1.165) is 25.0 Å². The molecule has 1 unspecified atom stereocenters. The van der Waals surface area contributed by atoms with Crippen molar-refractivity contribution in [1.29, 1.82) is 0 Å². The Morgan fingerprint density at radius 2 is 1.80 bits per heavy atom. The molecule has 1 aliphatic carbocycles. The molecule has 0 N–H and O–H groups in total. The van der Waals surface area contributed by atoms with Gasteiger partial charge in [0.25, 0.3) is 0 Å². The predicted octanol–water partition coefficient (Wildman–Crippen LogP) is 3.11. The van der Waals surface area contributed by atoms with E-state index in [-0.39, 0.29) is 0 Å². The minimum absolute atomic E-state index is 0.792. The summed E-state index contributed by atoms with van der Waals surface area (Å²) in [5, 5.41) is 0. The van der Waals surface area contributed by atoms with Crippen molar-refractivity contribution in [3.63, 3.8) is 0 Å². The summed E-state index contributed by atoms with van der Waals surface area (Å²) < 4.78 is 11.4. The molecule has 1 fully saturated rings. The van der Waals surface area contributed by atoms with E-state index in [1.54, 1.807) is 0 Å².